The molecule has 0 radical (unpaired) electrons. The van der Waals surface area contributed by atoms with Gasteiger partial charge in [0.25, 0.3) is 5.69 Å². The lowest BCUT2D eigenvalue weighted by atomic mass is 9.86. The van der Waals surface area contributed by atoms with E-state index in [0.29, 0.717) is 6.29 Å². The summed E-state index contributed by atoms with van der Waals surface area (Å²) in [6.07, 6.45) is 0.198. The van der Waals surface area contributed by atoms with Gasteiger partial charge in [-0.2, -0.15) is 0 Å². The number of halogens is 2. The highest BCUT2D eigenvalue weighted by molar-refractivity contribution is 6.31. The van der Waals surface area contributed by atoms with Gasteiger partial charge < -0.3 is 9.84 Å². The van der Waals surface area contributed by atoms with Gasteiger partial charge in [0, 0.05) is 29.6 Å². The molecule has 1 N–H and O–H groups in total. The molecule has 1 atom stereocenters. The van der Waals surface area contributed by atoms with Gasteiger partial charge in [-0.25, -0.2) is 4.79 Å². The van der Waals surface area contributed by atoms with Gasteiger partial charge in [0.05, 0.1) is 16.1 Å². The molecule has 0 aliphatic heterocycles. The van der Waals surface area contributed by atoms with Gasteiger partial charge in [-0.1, -0.05) is 23.2 Å². The zero-order valence-corrected chi connectivity index (χ0v) is 15.0. The summed E-state index contributed by atoms with van der Waals surface area (Å²) < 4.78 is 5.34. The molecule has 9 heteroatoms. The summed E-state index contributed by atoms with van der Waals surface area (Å²) in [5.41, 5.74) is -1.93. The number of carbonyl (C=O) groups is 2. The van der Waals surface area contributed by atoms with Crippen molar-refractivity contribution < 1.29 is 24.4 Å². The van der Waals surface area contributed by atoms with E-state index in [9.17, 15) is 19.7 Å². The van der Waals surface area contributed by atoms with E-state index in [1.54, 1.807) is 0 Å². The molecule has 0 amide bonds. The van der Waals surface area contributed by atoms with Crippen LogP contribution in [0.15, 0.2) is 36.4 Å². The number of hydrogen-bond acceptors (Lipinski definition) is 5. The van der Waals surface area contributed by atoms with Crippen LogP contribution in [0.4, 0.5) is 5.69 Å². The van der Waals surface area contributed by atoms with Crippen LogP contribution in [0.25, 0.3) is 0 Å². The Hall–Kier alpha value is -2.48. The Bertz CT molecular complexity index is 886. The van der Waals surface area contributed by atoms with E-state index in [2.05, 4.69) is 0 Å². The van der Waals surface area contributed by atoms with E-state index in [-0.39, 0.29) is 38.8 Å². The number of nitro benzene ring substituents is 1. The first-order valence-electron chi connectivity index (χ1n) is 7.21. The monoisotopic (exact) mass is 397 g/mol. The largest absolute Gasteiger partial charge is 0.478 e. The molecule has 2 rings (SSSR count). The summed E-state index contributed by atoms with van der Waals surface area (Å²) in [4.78, 5) is 33.8. The number of carbonyl (C=O) groups excluding carboxylic acids is 1. The molecule has 0 aromatic heterocycles. The van der Waals surface area contributed by atoms with E-state index >= 15 is 0 Å². The molecule has 7 nitrogen and oxygen atoms in total. The van der Waals surface area contributed by atoms with Gasteiger partial charge in [0.2, 0.25) is 0 Å². The third-order valence-electron chi connectivity index (χ3n) is 3.91. The minimum atomic E-state index is -1.77. The molecule has 2 aromatic rings. The van der Waals surface area contributed by atoms with E-state index in [0.717, 1.165) is 0 Å². The Labute approximate surface area is 158 Å². The predicted molar refractivity (Wildman–Crippen MR) is 95.0 cm³/mol. The first-order chi connectivity index (χ1) is 12.2. The second kappa shape index (κ2) is 7.82. The third kappa shape index (κ3) is 3.85. The average molecular weight is 398 g/mol. The Balaban J connectivity index is 2.65. The van der Waals surface area contributed by atoms with E-state index in [1.807, 2.05) is 0 Å². The highest BCUT2D eigenvalue weighted by atomic mass is 35.5. The molecule has 0 aliphatic rings. The average Bonchev–Trinajstić information content (AvgIpc) is 2.60. The number of aldehydes is 1. The maximum absolute atomic E-state index is 11.9. The highest BCUT2D eigenvalue weighted by Gasteiger charge is 2.39. The van der Waals surface area contributed by atoms with Gasteiger partial charge in [0.15, 0.2) is 11.9 Å². The van der Waals surface area contributed by atoms with Crippen molar-refractivity contribution >= 4 is 41.1 Å². The second-order valence-corrected chi connectivity index (χ2v) is 6.26. The fourth-order valence-corrected chi connectivity index (χ4v) is 2.92. The molecule has 136 valence electrons. The first kappa shape index (κ1) is 19.8. The lowest BCUT2D eigenvalue weighted by Gasteiger charge is -2.27. The van der Waals surface area contributed by atoms with Crippen molar-refractivity contribution in [2.45, 2.75) is 12.0 Å². The normalized spacial score (nSPS) is 13.0. The zero-order chi connectivity index (χ0) is 19.5. The highest BCUT2D eigenvalue weighted by Crippen LogP contribution is 2.37. The van der Waals surface area contributed by atoms with Crippen molar-refractivity contribution in [1.29, 1.82) is 0 Å². The van der Waals surface area contributed by atoms with Crippen LogP contribution in [0.5, 0.6) is 0 Å². The van der Waals surface area contributed by atoms with Crippen LogP contribution in [0, 0.1) is 10.1 Å². The molecular weight excluding hydrogens is 385 g/mol. The van der Waals surface area contributed by atoms with Crippen LogP contribution in [0.1, 0.15) is 21.5 Å². The molecule has 0 aliphatic carbocycles. The third-order valence-corrected chi connectivity index (χ3v) is 4.52. The lowest BCUT2D eigenvalue weighted by molar-refractivity contribution is -0.386. The topological polar surface area (TPSA) is 107 Å². The standard InChI is InChI=1S/C17H13Cl2NO6/c1-26-17(9-21,13-7-12(18)3-5-15(13)20(24)25)8-11-6-10(16(22)23)2-4-14(11)19/h2-7,9H,8H2,1H3,(H,22,23). The van der Waals surface area contributed by atoms with Crippen molar-refractivity contribution in [3.63, 3.8) is 0 Å². The summed E-state index contributed by atoms with van der Waals surface area (Å²) in [6, 6.07) is 7.74. The van der Waals surface area contributed by atoms with Crippen LogP contribution in [0.3, 0.4) is 0 Å². The number of benzene rings is 2. The number of ether oxygens (including phenoxy) is 1. The molecule has 0 fully saturated rings. The minimum Gasteiger partial charge on any atom is -0.478 e. The fraction of sp³-hybridized carbons (Fsp3) is 0.176. The molecular formula is C17H13Cl2NO6. The van der Waals surface area contributed by atoms with Crippen molar-refractivity contribution in [3.8, 4) is 0 Å². The quantitative estimate of drug-likeness (QED) is 0.431. The lowest BCUT2D eigenvalue weighted by Crippen LogP contribution is -2.34. The van der Waals surface area contributed by atoms with E-state index in [1.165, 1.54) is 43.5 Å². The smallest absolute Gasteiger partial charge is 0.335 e. The number of aromatic carboxylic acids is 1. The van der Waals surface area contributed by atoms with Crippen LogP contribution < -0.4 is 0 Å². The van der Waals surface area contributed by atoms with Crippen molar-refractivity contribution in [3.05, 3.63) is 73.2 Å². The maximum atomic E-state index is 11.9. The molecule has 0 saturated carbocycles. The summed E-state index contributed by atoms with van der Waals surface area (Å²) in [5.74, 6) is -1.18. The second-order valence-electron chi connectivity index (χ2n) is 5.42. The van der Waals surface area contributed by atoms with Crippen molar-refractivity contribution in [1.82, 2.24) is 0 Å². The molecule has 1 unspecified atom stereocenters. The summed E-state index contributed by atoms with van der Waals surface area (Å²) in [5, 5.41) is 20.9. The van der Waals surface area contributed by atoms with Crippen LogP contribution in [0.2, 0.25) is 10.0 Å². The number of rotatable bonds is 7. The van der Waals surface area contributed by atoms with Crippen LogP contribution >= 0.6 is 23.2 Å². The minimum absolute atomic E-state index is 0.0408. The van der Waals surface area contributed by atoms with Crippen LogP contribution in [-0.4, -0.2) is 29.4 Å². The maximum Gasteiger partial charge on any atom is 0.335 e. The zero-order valence-electron chi connectivity index (χ0n) is 13.4. The number of nitro groups is 1. The molecule has 2 aromatic carbocycles. The SMILES string of the molecule is COC(C=O)(Cc1cc(C(=O)O)ccc1Cl)c1cc(Cl)ccc1[N+](=O)[O-]. The molecule has 26 heavy (non-hydrogen) atoms. The Morgan fingerprint density at radius 1 is 1.31 bits per heavy atom. The van der Waals surface area contributed by atoms with Crippen molar-refractivity contribution in [2.24, 2.45) is 0 Å². The summed E-state index contributed by atoms with van der Waals surface area (Å²) >= 11 is 12.1. The Morgan fingerprint density at radius 2 is 2.00 bits per heavy atom. The fourth-order valence-electron chi connectivity index (χ4n) is 2.56. The molecule has 0 spiro atoms. The number of carboxylic acid groups (broad SMARTS) is 1. The van der Waals surface area contributed by atoms with Crippen molar-refractivity contribution in [2.75, 3.05) is 7.11 Å². The number of hydrogen-bond donors (Lipinski definition) is 1. The van der Waals surface area contributed by atoms with Gasteiger partial charge in [-0.3, -0.25) is 14.9 Å². The van der Waals surface area contributed by atoms with Gasteiger partial charge >= 0.3 is 5.97 Å². The predicted octanol–water partition coefficient (Wildman–Crippen LogP) is 3.88. The Kier molecular flexibility index (Phi) is 5.97. The molecule has 0 bridgehead atoms. The van der Waals surface area contributed by atoms with Gasteiger partial charge in [0.1, 0.15) is 0 Å². The number of methoxy groups -OCH3 is 1. The van der Waals surface area contributed by atoms with Gasteiger partial charge in [-0.05, 0) is 35.9 Å². The van der Waals surface area contributed by atoms with E-state index < -0.39 is 16.5 Å². The summed E-state index contributed by atoms with van der Waals surface area (Å²) in [6.45, 7) is 0. The Morgan fingerprint density at radius 3 is 2.54 bits per heavy atom. The summed E-state index contributed by atoms with van der Waals surface area (Å²) in [7, 11) is 1.22. The molecule has 0 heterocycles. The first-order valence-corrected chi connectivity index (χ1v) is 7.97. The van der Waals surface area contributed by atoms with Gasteiger partial charge in [-0.15, -0.1) is 0 Å². The van der Waals surface area contributed by atoms with Crippen LogP contribution in [-0.2, 0) is 21.6 Å². The molecule has 0 saturated heterocycles. The number of nitrogens with zero attached hydrogens (tertiary/aromatic N) is 1. The number of carboxylic acids is 1. The van der Waals surface area contributed by atoms with E-state index in [4.69, 9.17) is 33.0 Å².